The van der Waals surface area contributed by atoms with Crippen LogP contribution in [0.2, 0.25) is 0 Å². The maximum absolute atomic E-state index is 12.8. The largest absolute Gasteiger partial charge is 0.302 e. The van der Waals surface area contributed by atoms with Crippen molar-refractivity contribution < 1.29 is 13.2 Å². The van der Waals surface area contributed by atoms with Gasteiger partial charge in [-0.25, -0.2) is 13.4 Å². The van der Waals surface area contributed by atoms with E-state index in [1.54, 1.807) is 24.3 Å². The van der Waals surface area contributed by atoms with Gasteiger partial charge in [-0.15, -0.1) is 0 Å². The van der Waals surface area contributed by atoms with E-state index < -0.39 is 9.84 Å². The van der Waals surface area contributed by atoms with Crippen molar-refractivity contribution in [2.45, 2.75) is 82.3 Å². The molecule has 3 aromatic rings. The minimum Gasteiger partial charge on any atom is -0.302 e. The van der Waals surface area contributed by atoms with E-state index in [1.807, 2.05) is 24.3 Å². The van der Waals surface area contributed by atoms with Crippen LogP contribution < -0.4 is 5.32 Å². The van der Waals surface area contributed by atoms with Gasteiger partial charge in [-0.05, 0) is 61.1 Å². The molecule has 1 aliphatic heterocycles. The zero-order chi connectivity index (χ0) is 28.3. The molecule has 1 N–H and O–H groups in total. The van der Waals surface area contributed by atoms with Crippen LogP contribution in [0.4, 0.5) is 5.13 Å². The van der Waals surface area contributed by atoms with Crippen molar-refractivity contribution in [3.05, 3.63) is 75.8 Å². The van der Waals surface area contributed by atoms with E-state index in [0.29, 0.717) is 21.5 Å². The fourth-order valence-electron chi connectivity index (χ4n) is 5.86. The zero-order valence-corrected chi connectivity index (χ0v) is 24.8. The first-order chi connectivity index (χ1) is 19.2. The van der Waals surface area contributed by atoms with Gasteiger partial charge < -0.3 is 5.32 Å². The highest BCUT2D eigenvalue weighted by molar-refractivity contribution is 7.91. The average molecular weight is 577 g/mol. The zero-order valence-electron chi connectivity index (χ0n) is 23.2. The van der Waals surface area contributed by atoms with Crippen LogP contribution in [0.5, 0.6) is 0 Å². The van der Waals surface area contributed by atoms with Crippen LogP contribution in [0, 0.1) is 17.2 Å². The van der Waals surface area contributed by atoms with Gasteiger partial charge in [0.1, 0.15) is 0 Å². The summed E-state index contributed by atoms with van der Waals surface area (Å²) < 4.78 is 25.5. The van der Waals surface area contributed by atoms with Crippen LogP contribution in [0.25, 0.3) is 0 Å². The number of hydrogen-bond acceptors (Lipinski definition) is 7. The van der Waals surface area contributed by atoms with Crippen molar-refractivity contribution in [2.24, 2.45) is 5.92 Å². The van der Waals surface area contributed by atoms with Crippen LogP contribution in [0.1, 0.15) is 79.6 Å². The van der Waals surface area contributed by atoms with Crippen LogP contribution in [-0.4, -0.2) is 30.0 Å². The van der Waals surface area contributed by atoms with Crippen molar-refractivity contribution in [3.63, 3.8) is 0 Å². The first-order valence-corrected chi connectivity index (χ1v) is 16.5. The van der Waals surface area contributed by atoms with Crippen LogP contribution in [-0.2, 0) is 39.7 Å². The molecule has 1 fully saturated rings. The molecule has 1 amide bonds. The van der Waals surface area contributed by atoms with Gasteiger partial charge >= 0.3 is 0 Å². The third-order valence-electron chi connectivity index (χ3n) is 8.55. The fourth-order valence-corrected chi connectivity index (χ4v) is 8.41. The summed E-state index contributed by atoms with van der Waals surface area (Å²) >= 11 is 1.51. The summed E-state index contributed by atoms with van der Waals surface area (Å²) in [4.78, 5) is 21.6. The van der Waals surface area contributed by atoms with E-state index in [9.17, 15) is 13.2 Å². The molecular formula is C31H36N4O3S2. The topological polar surface area (TPSA) is 103 Å². The lowest BCUT2D eigenvalue weighted by Crippen LogP contribution is -2.37. The lowest BCUT2D eigenvalue weighted by molar-refractivity contribution is -0.115. The number of benzene rings is 2. The number of sulfone groups is 1. The highest BCUT2D eigenvalue weighted by Gasteiger charge is 2.43. The molecule has 1 aliphatic carbocycles. The Kier molecular flexibility index (Phi) is 8.41. The lowest BCUT2D eigenvalue weighted by Gasteiger charge is -2.34. The number of rotatable bonds is 10. The number of hydrogen-bond donors (Lipinski definition) is 1. The second kappa shape index (κ2) is 11.8. The quantitative estimate of drug-likeness (QED) is 0.309. The van der Waals surface area contributed by atoms with Crippen LogP contribution in [0.15, 0.2) is 53.4 Å². The molecule has 2 aromatic carbocycles. The molecule has 5 rings (SSSR count). The molecule has 2 aliphatic rings. The molecule has 7 nitrogen and oxygen atoms in total. The van der Waals surface area contributed by atoms with Crippen LogP contribution in [0.3, 0.4) is 0 Å². The van der Waals surface area contributed by atoms with E-state index in [0.717, 1.165) is 60.5 Å². The number of carbonyl (C=O) groups excluding carboxylic acids is 1. The van der Waals surface area contributed by atoms with Gasteiger partial charge in [0.05, 0.1) is 39.9 Å². The molecule has 0 radical (unpaired) electrons. The number of nitrogens with zero attached hydrogens (tertiary/aromatic N) is 3. The lowest BCUT2D eigenvalue weighted by atomic mass is 9.95. The number of anilines is 1. The van der Waals surface area contributed by atoms with Gasteiger partial charge in [0.25, 0.3) is 0 Å². The van der Waals surface area contributed by atoms with Gasteiger partial charge in [-0.2, -0.15) is 5.26 Å². The van der Waals surface area contributed by atoms with Crippen molar-refractivity contribution in [3.8, 4) is 6.07 Å². The summed E-state index contributed by atoms with van der Waals surface area (Å²) in [6, 6.07) is 16.6. The standard InChI is InChI=1S/C31H36N4O3S2/c1-3-31(2)29-27(21-35(31)20-25-10-8-24(19-32)9-11-25)39-30(34-29)33-28(36)18-23-12-14-26(15-13-23)40(37,38)17-16-22-6-4-5-7-22/h8-15,22H,3-7,16-18,20-21H2,1-2H3,(H,33,34,36)/t31-/m0/s1. The minimum absolute atomic E-state index is 0.155. The maximum Gasteiger partial charge on any atom is 0.230 e. The fraction of sp³-hybridized carbons (Fsp3) is 0.452. The van der Waals surface area contributed by atoms with Gasteiger partial charge in [-0.3, -0.25) is 9.69 Å². The van der Waals surface area contributed by atoms with Crippen molar-refractivity contribution in [1.82, 2.24) is 9.88 Å². The Morgan fingerprint density at radius 3 is 2.45 bits per heavy atom. The number of aromatic nitrogens is 1. The third-order valence-corrected chi connectivity index (χ3v) is 11.3. The van der Waals surface area contributed by atoms with Crippen molar-refractivity contribution in [1.29, 1.82) is 5.26 Å². The first-order valence-electron chi connectivity index (χ1n) is 14.1. The Hall–Kier alpha value is -3.06. The summed E-state index contributed by atoms with van der Waals surface area (Å²) in [7, 11) is -3.31. The summed E-state index contributed by atoms with van der Waals surface area (Å²) in [5.74, 6) is 0.552. The number of nitrogens with one attached hydrogen (secondary N) is 1. The smallest absolute Gasteiger partial charge is 0.230 e. The van der Waals surface area contributed by atoms with Crippen molar-refractivity contribution >= 4 is 32.2 Å². The number of thiazole rings is 1. The van der Waals surface area contributed by atoms with Gasteiger partial charge in [0.2, 0.25) is 5.91 Å². The molecule has 210 valence electrons. The summed E-state index contributed by atoms with van der Waals surface area (Å²) in [6.07, 6.45) is 6.46. The Bertz CT molecular complexity index is 1500. The van der Waals surface area contributed by atoms with E-state index in [-0.39, 0.29) is 23.6 Å². The van der Waals surface area contributed by atoms with Gasteiger partial charge in [0.15, 0.2) is 15.0 Å². The normalized spacial score (nSPS) is 19.4. The molecule has 1 saturated carbocycles. The summed E-state index contributed by atoms with van der Waals surface area (Å²) in [6.45, 7) is 5.85. The molecule has 0 unspecified atom stereocenters. The van der Waals surface area contributed by atoms with E-state index in [1.165, 1.54) is 24.2 Å². The summed E-state index contributed by atoms with van der Waals surface area (Å²) in [5.41, 5.74) is 3.33. The molecule has 1 atom stereocenters. The highest BCUT2D eigenvalue weighted by atomic mass is 32.2. The monoisotopic (exact) mass is 576 g/mol. The first kappa shape index (κ1) is 28.5. The Morgan fingerprint density at radius 1 is 1.12 bits per heavy atom. The predicted octanol–water partition coefficient (Wildman–Crippen LogP) is 6.19. The number of carbonyl (C=O) groups is 1. The van der Waals surface area contributed by atoms with Gasteiger partial charge in [-0.1, -0.05) is 68.2 Å². The number of amides is 1. The Morgan fingerprint density at radius 2 is 1.80 bits per heavy atom. The molecule has 40 heavy (non-hydrogen) atoms. The minimum atomic E-state index is -3.31. The Labute approximate surface area is 241 Å². The van der Waals surface area contributed by atoms with E-state index in [2.05, 4.69) is 30.1 Å². The SMILES string of the molecule is CC[C@@]1(C)c2nc(NC(=O)Cc3ccc(S(=O)(=O)CCC4CCCC4)cc3)sc2CN1Cc1ccc(C#N)cc1. The van der Waals surface area contributed by atoms with E-state index in [4.69, 9.17) is 10.2 Å². The second-order valence-electron chi connectivity index (χ2n) is 11.2. The molecule has 0 bridgehead atoms. The third kappa shape index (κ3) is 6.14. The Balaban J connectivity index is 1.18. The second-order valence-corrected chi connectivity index (χ2v) is 14.4. The molecule has 2 heterocycles. The molecule has 0 saturated heterocycles. The molecule has 0 spiro atoms. The van der Waals surface area contributed by atoms with Gasteiger partial charge in [0, 0.05) is 18.0 Å². The summed E-state index contributed by atoms with van der Waals surface area (Å²) in [5, 5.41) is 12.6. The average Bonchev–Trinajstić information content (AvgIpc) is 3.67. The molecule has 1 aromatic heterocycles. The van der Waals surface area contributed by atoms with E-state index >= 15 is 0 Å². The number of nitriles is 1. The molecular weight excluding hydrogens is 541 g/mol. The van der Waals surface area contributed by atoms with Crippen molar-refractivity contribution in [2.75, 3.05) is 11.1 Å². The molecule has 9 heteroatoms. The predicted molar refractivity (Wildman–Crippen MR) is 158 cm³/mol. The number of fused-ring (bicyclic) bond motifs is 1. The highest BCUT2D eigenvalue weighted by Crippen LogP contribution is 2.45. The maximum atomic E-state index is 12.8. The van der Waals surface area contributed by atoms with Crippen LogP contribution >= 0.6 is 11.3 Å².